The first-order chi connectivity index (χ1) is 12.7. The first kappa shape index (κ1) is 16.7. The molecule has 2 aromatic heterocycles. The Kier molecular flexibility index (Phi) is 4.67. The lowest BCUT2D eigenvalue weighted by Crippen LogP contribution is -2.48. The molecule has 5 nitrogen and oxygen atoms in total. The van der Waals surface area contributed by atoms with Crippen LogP contribution in [0.3, 0.4) is 0 Å². The molecular formula is C20H20N4OS. The van der Waals surface area contributed by atoms with Crippen molar-refractivity contribution >= 4 is 22.9 Å². The van der Waals surface area contributed by atoms with Gasteiger partial charge in [0.05, 0.1) is 5.69 Å². The minimum Gasteiger partial charge on any atom is -0.368 e. The number of rotatable bonds is 3. The number of hydrogen-bond acceptors (Lipinski definition) is 5. The number of carbonyl (C=O) groups is 1. The van der Waals surface area contributed by atoms with Crippen LogP contribution in [0.2, 0.25) is 0 Å². The van der Waals surface area contributed by atoms with Gasteiger partial charge < -0.3 is 9.80 Å². The molecule has 0 atom stereocenters. The Balaban J connectivity index is 1.47. The Labute approximate surface area is 156 Å². The van der Waals surface area contributed by atoms with E-state index in [-0.39, 0.29) is 5.91 Å². The van der Waals surface area contributed by atoms with Gasteiger partial charge in [-0.2, -0.15) is 0 Å². The van der Waals surface area contributed by atoms with Crippen LogP contribution in [0.15, 0.2) is 54.9 Å². The van der Waals surface area contributed by atoms with Crippen LogP contribution < -0.4 is 4.90 Å². The summed E-state index contributed by atoms with van der Waals surface area (Å²) < 4.78 is 0. The van der Waals surface area contributed by atoms with Crippen LogP contribution in [-0.2, 0) is 0 Å². The van der Waals surface area contributed by atoms with Gasteiger partial charge in [0.15, 0.2) is 0 Å². The molecule has 1 saturated heterocycles. The largest absolute Gasteiger partial charge is 0.368 e. The minimum atomic E-state index is 0.0908. The molecule has 0 saturated carbocycles. The Morgan fingerprint density at radius 2 is 1.69 bits per heavy atom. The summed E-state index contributed by atoms with van der Waals surface area (Å²) in [6.07, 6.45) is 3.49. The Bertz CT molecular complexity index is 887. The quantitative estimate of drug-likeness (QED) is 0.714. The number of pyridine rings is 1. The molecule has 132 valence electrons. The van der Waals surface area contributed by atoms with Crippen LogP contribution in [0.5, 0.6) is 0 Å². The fraction of sp³-hybridized carbons (Fsp3) is 0.250. The maximum Gasteiger partial charge on any atom is 0.265 e. The van der Waals surface area contributed by atoms with Gasteiger partial charge in [-0.1, -0.05) is 18.2 Å². The molecule has 0 bridgehead atoms. The van der Waals surface area contributed by atoms with Crippen LogP contribution in [0.25, 0.3) is 10.6 Å². The van der Waals surface area contributed by atoms with Crippen molar-refractivity contribution in [2.24, 2.45) is 0 Å². The summed E-state index contributed by atoms with van der Waals surface area (Å²) in [6, 6.07) is 14.2. The molecule has 26 heavy (non-hydrogen) atoms. The summed E-state index contributed by atoms with van der Waals surface area (Å²) in [6.45, 7) is 5.08. The second-order valence-electron chi connectivity index (χ2n) is 6.28. The Morgan fingerprint density at radius 1 is 1.00 bits per heavy atom. The number of para-hydroxylation sites is 1. The fourth-order valence-electron chi connectivity index (χ4n) is 3.16. The molecule has 1 aromatic carbocycles. The smallest absolute Gasteiger partial charge is 0.265 e. The second kappa shape index (κ2) is 7.25. The zero-order valence-electron chi connectivity index (χ0n) is 14.6. The summed E-state index contributed by atoms with van der Waals surface area (Å²) in [5.74, 6) is 0.0908. The van der Waals surface area contributed by atoms with E-state index in [1.165, 1.54) is 17.0 Å². The molecule has 3 heterocycles. The molecule has 0 spiro atoms. The normalized spacial score (nSPS) is 14.5. The van der Waals surface area contributed by atoms with Crippen molar-refractivity contribution in [2.45, 2.75) is 6.92 Å². The van der Waals surface area contributed by atoms with E-state index in [1.807, 2.05) is 42.2 Å². The maximum absolute atomic E-state index is 13.0. The van der Waals surface area contributed by atoms with Crippen molar-refractivity contribution in [1.82, 2.24) is 14.9 Å². The maximum atomic E-state index is 13.0. The van der Waals surface area contributed by atoms with Crippen LogP contribution in [-0.4, -0.2) is 47.0 Å². The first-order valence-electron chi connectivity index (χ1n) is 8.69. The average molecular weight is 364 g/mol. The number of aromatic nitrogens is 2. The van der Waals surface area contributed by atoms with Gasteiger partial charge in [-0.15, -0.1) is 11.3 Å². The number of hydrogen-bond donors (Lipinski definition) is 0. The summed E-state index contributed by atoms with van der Waals surface area (Å²) in [5, 5.41) is 0.871. The SMILES string of the molecule is Cc1nc(-c2ccncc2)sc1C(=O)N1CCN(c2ccccc2)CC1. The molecule has 4 rings (SSSR count). The lowest BCUT2D eigenvalue weighted by atomic mass is 10.2. The summed E-state index contributed by atoms with van der Waals surface area (Å²) in [5.41, 5.74) is 3.02. The average Bonchev–Trinajstić information content (AvgIpc) is 3.10. The zero-order chi connectivity index (χ0) is 17.9. The molecule has 1 aliphatic heterocycles. The lowest BCUT2D eigenvalue weighted by molar-refractivity contribution is 0.0750. The van der Waals surface area contributed by atoms with Crippen molar-refractivity contribution in [3.63, 3.8) is 0 Å². The molecule has 6 heteroatoms. The number of piperazine rings is 1. The zero-order valence-corrected chi connectivity index (χ0v) is 15.4. The van der Waals surface area contributed by atoms with Crippen molar-refractivity contribution < 1.29 is 4.79 Å². The fourth-order valence-corrected chi connectivity index (χ4v) is 4.20. The third-order valence-corrected chi connectivity index (χ3v) is 5.80. The van der Waals surface area contributed by atoms with Crippen molar-refractivity contribution in [3.05, 3.63) is 65.4 Å². The first-order valence-corrected chi connectivity index (χ1v) is 9.51. The molecule has 1 aliphatic rings. The predicted octanol–water partition coefficient (Wildman–Crippen LogP) is 3.48. The van der Waals surface area contributed by atoms with Gasteiger partial charge in [0.2, 0.25) is 0 Å². The summed E-state index contributed by atoms with van der Waals surface area (Å²) >= 11 is 1.47. The third kappa shape index (κ3) is 3.32. The predicted molar refractivity (Wildman–Crippen MR) is 105 cm³/mol. The molecule has 0 unspecified atom stereocenters. The molecule has 0 radical (unpaired) electrons. The summed E-state index contributed by atoms with van der Waals surface area (Å²) in [4.78, 5) is 26.6. The van der Waals surface area contributed by atoms with E-state index in [4.69, 9.17) is 0 Å². The number of amides is 1. The molecule has 0 aliphatic carbocycles. The monoisotopic (exact) mass is 364 g/mol. The van der Waals surface area contributed by atoms with Gasteiger partial charge in [-0.25, -0.2) is 4.98 Å². The number of carbonyl (C=O) groups excluding carboxylic acids is 1. The van der Waals surface area contributed by atoms with Gasteiger partial charge in [-0.05, 0) is 31.2 Å². The molecule has 1 amide bonds. The Morgan fingerprint density at radius 3 is 2.38 bits per heavy atom. The van der Waals surface area contributed by atoms with E-state index in [0.29, 0.717) is 0 Å². The van der Waals surface area contributed by atoms with E-state index in [9.17, 15) is 4.79 Å². The number of aryl methyl sites for hydroxylation is 1. The topological polar surface area (TPSA) is 49.3 Å². The molecule has 3 aromatic rings. The Hall–Kier alpha value is -2.73. The van der Waals surface area contributed by atoms with Crippen molar-refractivity contribution in [3.8, 4) is 10.6 Å². The third-order valence-electron chi connectivity index (χ3n) is 4.61. The van der Waals surface area contributed by atoms with Crippen LogP contribution >= 0.6 is 11.3 Å². The van der Waals surface area contributed by atoms with Crippen molar-refractivity contribution in [1.29, 1.82) is 0 Å². The van der Waals surface area contributed by atoms with Crippen molar-refractivity contribution in [2.75, 3.05) is 31.1 Å². The van der Waals surface area contributed by atoms with Gasteiger partial charge in [0.25, 0.3) is 5.91 Å². The van der Waals surface area contributed by atoms with E-state index in [0.717, 1.165) is 47.3 Å². The van der Waals surface area contributed by atoms with Crippen LogP contribution in [0.1, 0.15) is 15.4 Å². The van der Waals surface area contributed by atoms with E-state index in [2.05, 4.69) is 27.0 Å². The lowest BCUT2D eigenvalue weighted by Gasteiger charge is -2.36. The van der Waals surface area contributed by atoms with Crippen LogP contribution in [0, 0.1) is 6.92 Å². The highest BCUT2D eigenvalue weighted by atomic mass is 32.1. The number of anilines is 1. The standard InChI is InChI=1S/C20H20N4OS/c1-15-18(26-19(22-15)16-7-9-21-10-8-16)20(25)24-13-11-23(12-14-24)17-5-3-2-4-6-17/h2-10H,11-14H2,1H3. The number of thiazole rings is 1. The van der Waals surface area contributed by atoms with Gasteiger partial charge >= 0.3 is 0 Å². The molecular weight excluding hydrogens is 344 g/mol. The highest BCUT2D eigenvalue weighted by Crippen LogP contribution is 2.29. The molecule has 0 N–H and O–H groups in total. The highest BCUT2D eigenvalue weighted by molar-refractivity contribution is 7.17. The highest BCUT2D eigenvalue weighted by Gasteiger charge is 2.25. The van der Waals surface area contributed by atoms with Gasteiger partial charge in [0.1, 0.15) is 9.88 Å². The van der Waals surface area contributed by atoms with E-state index in [1.54, 1.807) is 12.4 Å². The van der Waals surface area contributed by atoms with Gasteiger partial charge in [0, 0.05) is 49.8 Å². The van der Waals surface area contributed by atoms with Crippen LogP contribution in [0.4, 0.5) is 5.69 Å². The minimum absolute atomic E-state index is 0.0908. The second-order valence-corrected chi connectivity index (χ2v) is 7.28. The van der Waals surface area contributed by atoms with Gasteiger partial charge in [-0.3, -0.25) is 9.78 Å². The van der Waals surface area contributed by atoms with E-state index < -0.39 is 0 Å². The number of benzene rings is 1. The molecule has 1 fully saturated rings. The van der Waals surface area contributed by atoms with E-state index >= 15 is 0 Å². The number of nitrogens with zero attached hydrogens (tertiary/aromatic N) is 4. The summed E-state index contributed by atoms with van der Waals surface area (Å²) in [7, 11) is 0.